The van der Waals surface area contributed by atoms with Crippen molar-refractivity contribution in [2.75, 3.05) is 20.2 Å². The summed E-state index contributed by atoms with van der Waals surface area (Å²) < 4.78 is 5.44. The summed E-state index contributed by atoms with van der Waals surface area (Å²) in [4.78, 5) is 2.94. The summed E-state index contributed by atoms with van der Waals surface area (Å²) in [6, 6.07) is 5.95. The monoisotopic (exact) mass is 278 g/mol. The zero-order valence-electron chi connectivity index (χ0n) is 11.5. The van der Waals surface area contributed by atoms with E-state index in [0.717, 1.165) is 17.9 Å². The SMILES string of the molecule is COc1ccc(C(N)=S)cc1CN1CCCCCC1. The van der Waals surface area contributed by atoms with Crippen molar-refractivity contribution in [1.82, 2.24) is 4.90 Å². The van der Waals surface area contributed by atoms with Crippen molar-refractivity contribution in [2.45, 2.75) is 32.2 Å². The van der Waals surface area contributed by atoms with Crippen LogP contribution in [0.15, 0.2) is 18.2 Å². The first-order valence-corrected chi connectivity index (χ1v) is 7.30. The van der Waals surface area contributed by atoms with Crippen LogP contribution < -0.4 is 10.5 Å². The van der Waals surface area contributed by atoms with Gasteiger partial charge in [0.25, 0.3) is 0 Å². The molecule has 0 atom stereocenters. The molecule has 4 heteroatoms. The van der Waals surface area contributed by atoms with Gasteiger partial charge in [0, 0.05) is 17.7 Å². The van der Waals surface area contributed by atoms with Gasteiger partial charge in [0.1, 0.15) is 10.7 Å². The third-order valence-electron chi connectivity index (χ3n) is 3.66. The van der Waals surface area contributed by atoms with Crippen molar-refractivity contribution in [3.8, 4) is 5.75 Å². The Morgan fingerprint density at radius 2 is 1.95 bits per heavy atom. The summed E-state index contributed by atoms with van der Waals surface area (Å²) in [6.45, 7) is 3.25. The number of methoxy groups -OCH3 is 1. The molecule has 0 aromatic heterocycles. The Kier molecular flexibility index (Phi) is 5.16. The number of hydrogen-bond donors (Lipinski definition) is 1. The largest absolute Gasteiger partial charge is 0.496 e. The molecule has 0 spiro atoms. The van der Waals surface area contributed by atoms with Gasteiger partial charge in [-0.15, -0.1) is 0 Å². The topological polar surface area (TPSA) is 38.5 Å². The molecule has 1 aliphatic rings. The summed E-state index contributed by atoms with van der Waals surface area (Å²) in [6.07, 6.45) is 5.27. The van der Waals surface area contributed by atoms with Crippen LogP contribution in [0, 0.1) is 0 Å². The van der Waals surface area contributed by atoms with Crippen LogP contribution in [0.4, 0.5) is 0 Å². The molecule has 0 bridgehead atoms. The van der Waals surface area contributed by atoms with E-state index in [1.165, 1.54) is 44.3 Å². The fourth-order valence-corrected chi connectivity index (χ4v) is 2.72. The molecule has 2 rings (SSSR count). The van der Waals surface area contributed by atoms with Crippen LogP contribution in [0.2, 0.25) is 0 Å². The summed E-state index contributed by atoms with van der Waals surface area (Å²) in [5, 5.41) is 0. The molecule has 19 heavy (non-hydrogen) atoms. The lowest BCUT2D eigenvalue weighted by atomic mass is 10.1. The van der Waals surface area contributed by atoms with E-state index in [2.05, 4.69) is 11.0 Å². The van der Waals surface area contributed by atoms with Crippen molar-refractivity contribution in [2.24, 2.45) is 5.73 Å². The van der Waals surface area contributed by atoms with Gasteiger partial charge in [-0.05, 0) is 44.1 Å². The quantitative estimate of drug-likeness (QED) is 0.860. The standard InChI is InChI=1S/C15H22N2OS/c1-18-14-7-6-12(15(16)19)10-13(14)11-17-8-4-2-3-5-9-17/h6-7,10H,2-5,8-9,11H2,1H3,(H2,16,19). The second-order valence-corrected chi connectivity index (χ2v) is 5.52. The smallest absolute Gasteiger partial charge is 0.123 e. The molecule has 0 saturated carbocycles. The second-order valence-electron chi connectivity index (χ2n) is 5.08. The highest BCUT2D eigenvalue weighted by molar-refractivity contribution is 7.80. The normalized spacial score (nSPS) is 16.9. The number of rotatable bonds is 4. The molecule has 1 heterocycles. The maximum atomic E-state index is 5.71. The molecule has 1 aromatic rings. The Balaban J connectivity index is 2.16. The van der Waals surface area contributed by atoms with Gasteiger partial charge in [-0.25, -0.2) is 0 Å². The number of nitrogens with two attached hydrogens (primary N) is 1. The van der Waals surface area contributed by atoms with Crippen LogP contribution in [0.5, 0.6) is 5.75 Å². The zero-order valence-corrected chi connectivity index (χ0v) is 12.3. The highest BCUT2D eigenvalue weighted by Crippen LogP contribution is 2.23. The minimum atomic E-state index is 0.444. The number of hydrogen-bond acceptors (Lipinski definition) is 3. The van der Waals surface area contributed by atoms with Crippen molar-refractivity contribution in [3.05, 3.63) is 29.3 Å². The fourth-order valence-electron chi connectivity index (χ4n) is 2.59. The maximum absolute atomic E-state index is 5.71. The molecular formula is C15H22N2OS. The van der Waals surface area contributed by atoms with Crippen LogP contribution in [0.3, 0.4) is 0 Å². The van der Waals surface area contributed by atoms with Crippen LogP contribution >= 0.6 is 12.2 Å². The van der Waals surface area contributed by atoms with Gasteiger partial charge < -0.3 is 10.5 Å². The number of nitrogens with zero attached hydrogens (tertiary/aromatic N) is 1. The molecule has 0 amide bonds. The number of ether oxygens (including phenoxy) is 1. The van der Waals surface area contributed by atoms with Gasteiger partial charge >= 0.3 is 0 Å². The summed E-state index contributed by atoms with van der Waals surface area (Å²) in [7, 11) is 1.71. The Morgan fingerprint density at radius 3 is 2.53 bits per heavy atom. The molecule has 0 unspecified atom stereocenters. The van der Waals surface area contributed by atoms with Gasteiger partial charge in [-0.1, -0.05) is 25.1 Å². The van der Waals surface area contributed by atoms with Crippen molar-refractivity contribution >= 4 is 17.2 Å². The Hall–Kier alpha value is -1.13. The molecule has 1 aliphatic heterocycles. The minimum Gasteiger partial charge on any atom is -0.496 e. The lowest BCUT2D eigenvalue weighted by molar-refractivity contribution is 0.271. The molecule has 3 nitrogen and oxygen atoms in total. The Morgan fingerprint density at radius 1 is 1.26 bits per heavy atom. The Bertz CT molecular complexity index is 440. The zero-order chi connectivity index (χ0) is 13.7. The molecule has 104 valence electrons. The average Bonchev–Trinajstić information content (AvgIpc) is 2.67. The first kappa shape index (κ1) is 14.3. The van der Waals surface area contributed by atoms with E-state index in [1.54, 1.807) is 7.11 Å². The maximum Gasteiger partial charge on any atom is 0.123 e. The van der Waals surface area contributed by atoms with Gasteiger partial charge in [0.15, 0.2) is 0 Å². The van der Waals surface area contributed by atoms with Crippen molar-refractivity contribution in [3.63, 3.8) is 0 Å². The molecule has 0 radical (unpaired) electrons. The number of likely N-dealkylation sites (tertiary alicyclic amines) is 1. The van der Waals surface area contributed by atoms with Gasteiger partial charge in [-0.3, -0.25) is 4.90 Å². The van der Waals surface area contributed by atoms with Crippen LogP contribution in [0.1, 0.15) is 36.8 Å². The third kappa shape index (κ3) is 3.91. The van der Waals surface area contributed by atoms with E-state index < -0.39 is 0 Å². The first-order chi connectivity index (χ1) is 9.20. The second kappa shape index (κ2) is 6.87. The molecular weight excluding hydrogens is 256 g/mol. The number of thiocarbonyl (C=S) groups is 1. The lowest BCUT2D eigenvalue weighted by Crippen LogP contribution is -2.24. The predicted molar refractivity (Wildman–Crippen MR) is 82.6 cm³/mol. The van der Waals surface area contributed by atoms with Crippen LogP contribution in [-0.4, -0.2) is 30.1 Å². The highest BCUT2D eigenvalue weighted by Gasteiger charge is 2.13. The van der Waals surface area contributed by atoms with E-state index in [4.69, 9.17) is 22.7 Å². The number of benzene rings is 1. The summed E-state index contributed by atoms with van der Waals surface area (Å²) in [5.41, 5.74) is 7.80. The molecule has 2 N–H and O–H groups in total. The first-order valence-electron chi connectivity index (χ1n) is 6.90. The van der Waals surface area contributed by atoms with E-state index in [-0.39, 0.29) is 0 Å². The minimum absolute atomic E-state index is 0.444. The highest BCUT2D eigenvalue weighted by atomic mass is 32.1. The molecule has 0 aliphatic carbocycles. The predicted octanol–water partition coefficient (Wildman–Crippen LogP) is 2.71. The van der Waals surface area contributed by atoms with Gasteiger partial charge in [-0.2, -0.15) is 0 Å². The fraction of sp³-hybridized carbons (Fsp3) is 0.533. The van der Waals surface area contributed by atoms with E-state index in [9.17, 15) is 0 Å². The lowest BCUT2D eigenvalue weighted by Gasteiger charge is -2.21. The van der Waals surface area contributed by atoms with Crippen molar-refractivity contribution < 1.29 is 4.74 Å². The van der Waals surface area contributed by atoms with E-state index in [1.807, 2.05) is 12.1 Å². The molecule has 1 fully saturated rings. The van der Waals surface area contributed by atoms with E-state index >= 15 is 0 Å². The van der Waals surface area contributed by atoms with Gasteiger partial charge in [0.2, 0.25) is 0 Å². The van der Waals surface area contributed by atoms with Crippen LogP contribution in [-0.2, 0) is 6.54 Å². The Labute approximate surface area is 120 Å². The molecule has 1 saturated heterocycles. The molecule has 1 aromatic carbocycles. The summed E-state index contributed by atoms with van der Waals surface area (Å²) >= 11 is 5.05. The summed E-state index contributed by atoms with van der Waals surface area (Å²) in [5.74, 6) is 0.921. The average molecular weight is 278 g/mol. The van der Waals surface area contributed by atoms with Gasteiger partial charge in [0.05, 0.1) is 7.11 Å². The van der Waals surface area contributed by atoms with Crippen LogP contribution in [0.25, 0.3) is 0 Å². The van der Waals surface area contributed by atoms with E-state index in [0.29, 0.717) is 4.99 Å². The van der Waals surface area contributed by atoms with Crippen molar-refractivity contribution in [1.29, 1.82) is 0 Å². The third-order valence-corrected chi connectivity index (χ3v) is 3.89.